The van der Waals surface area contributed by atoms with Crippen LogP contribution in [-0.4, -0.2) is 22.5 Å². The molecule has 1 heterocycles. The predicted molar refractivity (Wildman–Crippen MR) is 124 cm³/mol. The van der Waals surface area contributed by atoms with Crippen molar-refractivity contribution in [3.63, 3.8) is 0 Å². The summed E-state index contributed by atoms with van der Waals surface area (Å²) in [4.78, 5) is 16.8. The van der Waals surface area contributed by atoms with Crippen molar-refractivity contribution >= 4 is 55.9 Å². The zero-order valence-electron chi connectivity index (χ0n) is 15.3. The average molecular weight is 465 g/mol. The van der Waals surface area contributed by atoms with Crippen LogP contribution < -0.4 is 10.7 Å². The number of carbonyl (C=O) groups excluding carboxylic acids is 1. The summed E-state index contributed by atoms with van der Waals surface area (Å²) in [5.74, 6) is 0.592. The number of hydrogen-bond acceptors (Lipinski definition) is 4. The van der Waals surface area contributed by atoms with Gasteiger partial charge in [-0.05, 0) is 48.0 Å². The molecule has 29 heavy (non-hydrogen) atoms. The molecule has 0 unspecified atom stereocenters. The van der Waals surface area contributed by atoms with Gasteiger partial charge < -0.3 is 5.32 Å². The van der Waals surface area contributed by atoms with Gasteiger partial charge in [0.2, 0.25) is 0 Å². The van der Waals surface area contributed by atoms with Gasteiger partial charge in [-0.1, -0.05) is 64.1 Å². The third-order valence-corrected chi connectivity index (χ3v) is 5.55. The lowest BCUT2D eigenvalue weighted by Crippen LogP contribution is -2.25. The van der Waals surface area contributed by atoms with Crippen LogP contribution >= 0.6 is 27.7 Å². The molecule has 0 saturated carbocycles. The van der Waals surface area contributed by atoms with Crippen molar-refractivity contribution in [3.8, 4) is 0 Å². The number of halogens is 1. The second kappa shape index (κ2) is 9.07. The summed E-state index contributed by atoms with van der Waals surface area (Å²) in [7, 11) is 0. The number of hydrogen-bond donors (Lipinski definition) is 2. The molecule has 144 valence electrons. The Morgan fingerprint density at radius 3 is 2.52 bits per heavy atom. The molecule has 1 aliphatic heterocycles. The van der Waals surface area contributed by atoms with Gasteiger partial charge in [0.25, 0.3) is 5.91 Å². The van der Waals surface area contributed by atoms with E-state index in [1.165, 1.54) is 0 Å². The molecular formula is C22H17BrN4OS. The number of rotatable bonds is 4. The third-order valence-electron chi connectivity index (χ3n) is 4.18. The van der Waals surface area contributed by atoms with Crippen molar-refractivity contribution in [2.75, 3.05) is 11.1 Å². The van der Waals surface area contributed by atoms with E-state index in [2.05, 4.69) is 36.8 Å². The number of carbonyl (C=O) groups is 1. The fourth-order valence-corrected chi connectivity index (χ4v) is 3.90. The molecule has 1 aliphatic rings. The molecule has 0 saturated heterocycles. The molecule has 3 aromatic carbocycles. The summed E-state index contributed by atoms with van der Waals surface area (Å²) in [6, 6.07) is 24.6. The number of amidine groups is 1. The molecule has 1 amide bonds. The molecule has 5 nitrogen and oxygen atoms in total. The minimum absolute atomic E-state index is 0.126. The molecule has 0 atom stereocenters. The van der Waals surface area contributed by atoms with E-state index in [0.29, 0.717) is 5.56 Å². The van der Waals surface area contributed by atoms with Crippen LogP contribution in [-0.2, 0) is 0 Å². The lowest BCUT2D eigenvalue weighted by molar-refractivity contribution is 0.102. The van der Waals surface area contributed by atoms with Gasteiger partial charge in [-0.15, -0.1) is 0 Å². The maximum Gasteiger partial charge on any atom is 0.255 e. The van der Waals surface area contributed by atoms with Gasteiger partial charge in [0.15, 0.2) is 5.17 Å². The van der Waals surface area contributed by atoms with Crippen molar-refractivity contribution in [1.29, 1.82) is 0 Å². The van der Waals surface area contributed by atoms with E-state index in [0.717, 1.165) is 38.0 Å². The zero-order valence-corrected chi connectivity index (χ0v) is 17.7. The second-order valence-electron chi connectivity index (χ2n) is 6.25. The smallest absolute Gasteiger partial charge is 0.255 e. The van der Waals surface area contributed by atoms with Crippen molar-refractivity contribution < 1.29 is 4.79 Å². The van der Waals surface area contributed by atoms with Gasteiger partial charge in [0.05, 0.1) is 11.4 Å². The predicted octanol–water partition coefficient (Wildman–Crippen LogP) is 5.43. The molecule has 0 aliphatic carbocycles. The summed E-state index contributed by atoms with van der Waals surface area (Å²) in [6.45, 7) is 0. The highest BCUT2D eigenvalue weighted by Crippen LogP contribution is 2.22. The number of nitrogens with one attached hydrogen (secondary N) is 2. The van der Waals surface area contributed by atoms with E-state index < -0.39 is 0 Å². The molecule has 7 heteroatoms. The van der Waals surface area contributed by atoms with Crippen LogP contribution in [0, 0.1) is 0 Å². The lowest BCUT2D eigenvalue weighted by atomic mass is 10.1. The van der Waals surface area contributed by atoms with Crippen LogP contribution in [0.15, 0.2) is 93.4 Å². The van der Waals surface area contributed by atoms with Crippen molar-refractivity contribution in [2.24, 2.45) is 10.1 Å². The standard InChI is InChI=1S/C22H17BrN4OS/c23-17-7-4-8-19(13-17)25-22-27-26-20(14-29-22)15-9-11-18(12-10-15)24-21(28)16-5-2-1-3-6-16/h1-13H,14H2,(H,24,28)(H,25,27). The van der Waals surface area contributed by atoms with Gasteiger partial charge in [-0.2, -0.15) is 5.10 Å². The van der Waals surface area contributed by atoms with E-state index in [4.69, 9.17) is 0 Å². The maximum atomic E-state index is 12.2. The Balaban J connectivity index is 1.41. The molecule has 2 N–H and O–H groups in total. The highest BCUT2D eigenvalue weighted by atomic mass is 79.9. The van der Waals surface area contributed by atoms with Crippen LogP contribution in [0.1, 0.15) is 15.9 Å². The summed E-state index contributed by atoms with van der Waals surface area (Å²) < 4.78 is 0.990. The molecule has 3 aromatic rings. The summed E-state index contributed by atoms with van der Waals surface area (Å²) in [5.41, 5.74) is 7.20. The molecule has 4 rings (SSSR count). The van der Waals surface area contributed by atoms with E-state index in [1.807, 2.05) is 66.7 Å². The van der Waals surface area contributed by atoms with Crippen LogP contribution in [0.2, 0.25) is 0 Å². The van der Waals surface area contributed by atoms with Crippen LogP contribution in [0.4, 0.5) is 11.4 Å². The quantitative estimate of drug-likeness (QED) is 0.540. The fourth-order valence-electron chi connectivity index (χ4n) is 2.72. The SMILES string of the molecule is O=C(Nc1ccc(C2=NNC(=Nc3cccc(Br)c3)SC2)cc1)c1ccccc1. The number of benzene rings is 3. The zero-order chi connectivity index (χ0) is 20.1. The minimum atomic E-state index is -0.126. The Bertz CT molecular complexity index is 1080. The number of aliphatic imine (C=N–C) groups is 1. The Hall–Kier alpha value is -2.90. The highest BCUT2D eigenvalue weighted by molar-refractivity contribution is 9.10. The Kier molecular flexibility index (Phi) is 6.07. The first-order valence-electron chi connectivity index (χ1n) is 8.94. The number of nitrogens with zero attached hydrogens (tertiary/aromatic N) is 2. The van der Waals surface area contributed by atoms with Crippen LogP contribution in [0.3, 0.4) is 0 Å². The van der Waals surface area contributed by atoms with Crippen molar-refractivity contribution in [1.82, 2.24) is 5.43 Å². The van der Waals surface area contributed by atoms with Crippen LogP contribution in [0.5, 0.6) is 0 Å². The first-order valence-corrected chi connectivity index (χ1v) is 10.7. The second-order valence-corrected chi connectivity index (χ2v) is 8.13. The molecule has 0 radical (unpaired) electrons. The molecule has 0 bridgehead atoms. The Morgan fingerprint density at radius 2 is 1.83 bits per heavy atom. The van der Waals surface area contributed by atoms with E-state index >= 15 is 0 Å². The third kappa shape index (κ3) is 5.13. The minimum Gasteiger partial charge on any atom is -0.322 e. The largest absolute Gasteiger partial charge is 0.322 e. The molecular weight excluding hydrogens is 448 g/mol. The van der Waals surface area contributed by atoms with E-state index in [1.54, 1.807) is 23.9 Å². The fraction of sp³-hybridized carbons (Fsp3) is 0.0455. The Labute approximate surface area is 181 Å². The number of hydrazone groups is 1. The molecule has 0 aromatic heterocycles. The first-order chi connectivity index (χ1) is 14.2. The van der Waals surface area contributed by atoms with Gasteiger partial charge in [-0.25, -0.2) is 4.99 Å². The normalized spacial score (nSPS) is 14.8. The molecule has 0 spiro atoms. The summed E-state index contributed by atoms with van der Waals surface area (Å²) in [5, 5.41) is 8.12. The number of anilines is 1. The highest BCUT2D eigenvalue weighted by Gasteiger charge is 2.13. The van der Waals surface area contributed by atoms with Gasteiger partial charge in [0.1, 0.15) is 0 Å². The maximum absolute atomic E-state index is 12.2. The summed E-state index contributed by atoms with van der Waals surface area (Å²) >= 11 is 5.05. The van der Waals surface area contributed by atoms with Gasteiger partial charge >= 0.3 is 0 Å². The monoisotopic (exact) mass is 464 g/mol. The summed E-state index contributed by atoms with van der Waals surface area (Å²) in [6.07, 6.45) is 0. The molecule has 0 fully saturated rings. The van der Waals surface area contributed by atoms with E-state index in [-0.39, 0.29) is 5.91 Å². The topological polar surface area (TPSA) is 65.8 Å². The lowest BCUT2D eigenvalue weighted by Gasteiger charge is -2.15. The van der Waals surface area contributed by atoms with Crippen LogP contribution in [0.25, 0.3) is 0 Å². The van der Waals surface area contributed by atoms with Gasteiger partial charge in [0, 0.05) is 21.5 Å². The number of thioether (sulfide) groups is 1. The van der Waals surface area contributed by atoms with Crippen molar-refractivity contribution in [3.05, 3.63) is 94.5 Å². The van der Waals surface area contributed by atoms with Crippen molar-refractivity contribution in [2.45, 2.75) is 0 Å². The van der Waals surface area contributed by atoms with E-state index in [9.17, 15) is 4.79 Å². The number of amides is 1. The average Bonchev–Trinajstić information content (AvgIpc) is 2.76. The first kappa shape index (κ1) is 19.4. The van der Waals surface area contributed by atoms with Gasteiger partial charge in [-0.3, -0.25) is 10.2 Å². The Morgan fingerprint density at radius 1 is 1.03 bits per heavy atom.